The van der Waals surface area contributed by atoms with Crippen LogP contribution in [0, 0.1) is 0 Å². The molecular weight excluding hydrogens is 328 g/mol. The summed E-state index contributed by atoms with van der Waals surface area (Å²) >= 11 is 0. The van der Waals surface area contributed by atoms with E-state index in [2.05, 4.69) is 34.5 Å². The lowest BCUT2D eigenvalue weighted by atomic mass is 10.2. The van der Waals surface area contributed by atoms with E-state index in [1.807, 2.05) is 24.3 Å². The zero-order valence-corrected chi connectivity index (χ0v) is 15.4. The summed E-state index contributed by atoms with van der Waals surface area (Å²) in [6.07, 6.45) is 0. The van der Waals surface area contributed by atoms with Crippen molar-refractivity contribution in [3.05, 3.63) is 59.7 Å². The van der Waals surface area contributed by atoms with Gasteiger partial charge in [-0.3, -0.25) is 4.90 Å². The van der Waals surface area contributed by atoms with Crippen LogP contribution in [0.1, 0.15) is 11.1 Å². The minimum atomic E-state index is 0.533. The normalized spacial score (nSPS) is 15.0. The average molecular weight is 356 g/mol. The molecular formula is C21H28N2O3. The third-order valence-electron chi connectivity index (χ3n) is 4.50. The van der Waals surface area contributed by atoms with Crippen LogP contribution in [-0.4, -0.2) is 51.4 Å². The Labute approximate surface area is 155 Å². The number of benzene rings is 2. The topological polar surface area (TPSA) is 43.0 Å². The van der Waals surface area contributed by atoms with E-state index in [-0.39, 0.29) is 0 Å². The van der Waals surface area contributed by atoms with E-state index in [4.69, 9.17) is 14.2 Å². The maximum absolute atomic E-state index is 5.98. The van der Waals surface area contributed by atoms with Gasteiger partial charge in [0.25, 0.3) is 0 Å². The van der Waals surface area contributed by atoms with Gasteiger partial charge in [0.1, 0.15) is 6.61 Å². The molecule has 140 valence electrons. The van der Waals surface area contributed by atoms with Gasteiger partial charge in [-0.05, 0) is 23.3 Å². The molecule has 0 spiro atoms. The molecule has 0 atom stereocenters. The SMILES string of the molecule is COc1ccc(CNCCN2CCOCC2)cc1OCc1ccccc1. The van der Waals surface area contributed by atoms with Crippen molar-refractivity contribution in [1.29, 1.82) is 0 Å². The van der Waals surface area contributed by atoms with E-state index < -0.39 is 0 Å². The van der Waals surface area contributed by atoms with E-state index in [1.54, 1.807) is 7.11 Å². The van der Waals surface area contributed by atoms with Gasteiger partial charge in [0.05, 0.1) is 20.3 Å². The molecule has 26 heavy (non-hydrogen) atoms. The molecule has 1 N–H and O–H groups in total. The predicted octanol–water partition coefficient (Wildman–Crippen LogP) is 2.70. The van der Waals surface area contributed by atoms with E-state index in [9.17, 15) is 0 Å². The number of hydrogen-bond acceptors (Lipinski definition) is 5. The van der Waals surface area contributed by atoms with E-state index in [0.29, 0.717) is 6.61 Å². The lowest BCUT2D eigenvalue weighted by molar-refractivity contribution is 0.0384. The Morgan fingerprint density at radius 1 is 1.00 bits per heavy atom. The van der Waals surface area contributed by atoms with E-state index >= 15 is 0 Å². The highest BCUT2D eigenvalue weighted by Crippen LogP contribution is 2.28. The first kappa shape index (κ1) is 18.7. The summed E-state index contributed by atoms with van der Waals surface area (Å²) in [6.45, 7) is 7.12. The molecule has 1 aliphatic rings. The first-order chi connectivity index (χ1) is 12.8. The Hall–Kier alpha value is -2.08. The molecule has 1 saturated heterocycles. The van der Waals surface area contributed by atoms with Gasteiger partial charge in [-0.1, -0.05) is 36.4 Å². The van der Waals surface area contributed by atoms with E-state index in [1.165, 1.54) is 5.56 Å². The second-order valence-corrected chi connectivity index (χ2v) is 6.39. The summed E-state index contributed by atoms with van der Waals surface area (Å²) < 4.78 is 16.8. The van der Waals surface area contributed by atoms with Gasteiger partial charge in [-0.25, -0.2) is 0 Å². The minimum absolute atomic E-state index is 0.533. The third kappa shape index (κ3) is 5.73. The van der Waals surface area contributed by atoms with Gasteiger partial charge >= 0.3 is 0 Å². The standard InChI is InChI=1S/C21H28N2O3/c1-24-20-8-7-19(16-22-9-10-23-11-13-25-14-12-23)15-21(20)26-17-18-5-3-2-4-6-18/h2-8,15,22H,9-14,16-17H2,1H3. The first-order valence-electron chi connectivity index (χ1n) is 9.19. The van der Waals surface area contributed by atoms with Gasteiger partial charge < -0.3 is 19.5 Å². The highest BCUT2D eigenvalue weighted by Gasteiger charge is 2.10. The van der Waals surface area contributed by atoms with Crippen LogP contribution in [0.25, 0.3) is 0 Å². The fourth-order valence-corrected chi connectivity index (χ4v) is 2.97. The molecule has 0 saturated carbocycles. The van der Waals surface area contributed by atoms with Crippen LogP contribution < -0.4 is 14.8 Å². The van der Waals surface area contributed by atoms with Crippen LogP contribution >= 0.6 is 0 Å². The number of ether oxygens (including phenoxy) is 3. The van der Waals surface area contributed by atoms with Crippen molar-refractivity contribution in [3.8, 4) is 11.5 Å². The smallest absolute Gasteiger partial charge is 0.161 e. The largest absolute Gasteiger partial charge is 0.493 e. The average Bonchev–Trinajstić information content (AvgIpc) is 2.71. The van der Waals surface area contributed by atoms with Gasteiger partial charge in [0.2, 0.25) is 0 Å². The molecule has 2 aromatic rings. The summed E-state index contributed by atoms with van der Waals surface area (Å²) in [5.74, 6) is 1.54. The van der Waals surface area contributed by atoms with Crippen molar-refractivity contribution in [3.63, 3.8) is 0 Å². The predicted molar refractivity (Wildman–Crippen MR) is 103 cm³/mol. The van der Waals surface area contributed by atoms with Gasteiger partial charge in [-0.15, -0.1) is 0 Å². The second kappa shape index (κ2) is 10.2. The Bertz CT molecular complexity index is 658. The molecule has 0 radical (unpaired) electrons. The van der Waals surface area contributed by atoms with Gasteiger partial charge in [0.15, 0.2) is 11.5 Å². The highest BCUT2D eigenvalue weighted by atomic mass is 16.5. The fraction of sp³-hybridized carbons (Fsp3) is 0.429. The second-order valence-electron chi connectivity index (χ2n) is 6.39. The van der Waals surface area contributed by atoms with Crippen LogP contribution in [0.2, 0.25) is 0 Å². The molecule has 0 unspecified atom stereocenters. The van der Waals surface area contributed by atoms with Crippen molar-refractivity contribution in [2.45, 2.75) is 13.2 Å². The Morgan fingerprint density at radius 2 is 1.81 bits per heavy atom. The van der Waals surface area contributed by atoms with Crippen LogP contribution in [0.15, 0.2) is 48.5 Å². The molecule has 0 amide bonds. The zero-order valence-electron chi connectivity index (χ0n) is 15.4. The Balaban J connectivity index is 1.49. The van der Waals surface area contributed by atoms with Crippen LogP contribution in [0.5, 0.6) is 11.5 Å². The lowest BCUT2D eigenvalue weighted by Crippen LogP contribution is -2.40. The maximum atomic E-state index is 5.98. The van der Waals surface area contributed by atoms with Crippen molar-refractivity contribution in [2.24, 2.45) is 0 Å². The number of hydrogen-bond donors (Lipinski definition) is 1. The highest BCUT2D eigenvalue weighted by molar-refractivity contribution is 5.43. The van der Waals surface area contributed by atoms with Crippen LogP contribution in [0.4, 0.5) is 0 Å². The molecule has 0 aromatic heterocycles. The van der Waals surface area contributed by atoms with Gasteiger partial charge in [0, 0.05) is 32.7 Å². The maximum Gasteiger partial charge on any atom is 0.161 e. The molecule has 0 bridgehead atoms. The number of nitrogens with zero attached hydrogens (tertiary/aromatic N) is 1. The molecule has 0 aliphatic carbocycles. The Kier molecular flexibility index (Phi) is 7.31. The molecule has 5 heteroatoms. The Morgan fingerprint density at radius 3 is 2.58 bits per heavy atom. The van der Waals surface area contributed by atoms with Crippen molar-refractivity contribution >= 4 is 0 Å². The molecule has 2 aromatic carbocycles. The van der Waals surface area contributed by atoms with E-state index in [0.717, 1.165) is 63.0 Å². The molecule has 1 fully saturated rings. The van der Waals surface area contributed by atoms with Crippen molar-refractivity contribution in [2.75, 3.05) is 46.5 Å². The first-order valence-corrected chi connectivity index (χ1v) is 9.19. The number of rotatable bonds is 9. The molecule has 1 aliphatic heterocycles. The molecule has 3 rings (SSSR count). The summed E-state index contributed by atoms with van der Waals surface area (Å²) in [5.41, 5.74) is 2.33. The fourth-order valence-electron chi connectivity index (χ4n) is 2.97. The molecule has 5 nitrogen and oxygen atoms in total. The molecule has 1 heterocycles. The summed E-state index contributed by atoms with van der Waals surface area (Å²) in [5, 5.41) is 3.51. The number of methoxy groups -OCH3 is 1. The summed E-state index contributed by atoms with van der Waals surface area (Å²) in [6, 6.07) is 16.3. The van der Waals surface area contributed by atoms with Gasteiger partial charge in [-0.2, -0.15) is 0 Å². The summed E-state index contributed by atoms with van der Waals surface area (Å²) in [4.78, 5) is 2.43. The van der Waals surface area contributed by atoms with Crippen LogP contribution in [-0.2, 0) is 17.9 Å². The third-order valence-corrected chi connectivity index (χ3v) is 4.50. The minimum Gasteiger partial charge on any atom is -0.493 e. The van der Waals surface area contributed by atoms with Crippen molar-refractivity contribution in [1.82, 2.24) is 10.2 Å². The summed E-state index contributed by atoms with van der Waals surface area (Å²) in [7, 11) is 1.67. The quantitative estimate of drug-likeness (QED) is 0.700. The number of morpholine rings is 1. The van der Waals surface area contributed by atoms with Crippen molar-refractivity contribution < 1.29 is 14.2 Å². The zero-order chi connectivity index (χ0) is 18.0. The van der Waals surface area contributed by atoms with Crippen LogP contribution in [0.3, 0.4) is 0 Å². The monoisotopic (exact) mass is 356 g/mol. The lowest BCUT2D eigenvalue weighted by Gasteiger charge is -2.26. The number of nitrogens with one attached hydrogen (secondary N) is 1.